The van der Waals surface area contributed by atoms with E-state index < -0.39 is 21.8 Å². The number of rotatable bonds is 5. The second kappa shape index (κ2) is 9.69. The Balaban J connectivity index is 1.08. The van der Waals surface area contributed by atoms with Crippen molar-refractivity contribution in [3.63, 3.8) is 0 Å². The van der Waals surface area contributed by atoms with E-state index in [0.717, 1.165) is 56.5 Å². The largest absolute Gasteiger partial charge is 0.489 e. The molecule has 37 heavy (non-hydrogen) atoms. The maximum atomic E-state index is 13.0. The topological polar surface area (TPSA) is 113 Å². The summed E-state index contributed by atoms with van der Waals surface area (Å²) in [5.41, 5.74) is 1.45. The fourth-order valence-corrected chi connectivity index (χ4v) is 8.46. The Morgan fingerprint density at radius 1 is 0.919 bits per heavy atom. The Labute approximate surface area is 217 Å². The van der Waals surface area contributed by atoms with Crippen LogP contribution >= 0.6 is 0 Å². The highest BCUT2D eigenvalue weighted by molar-refractivity contribution is 7.91. The summed E-state index contributed by atoms with van der Waals surface area (Å²) in [4.78, 5) is 40.9. The Kier molecular flexibility index (Phi) is 6.51. The number of hydrogen-bond acceptors (Lipinski definition) is 7. The summed E-state index contributed by atoms with van der Waals surface area (Å²) in [6.45, 7) is 2.39. The molecule has 3 amide bonds. The van der Waals surface area contributed by atoms with Crippen molar-refractivity contribution in [2.75, 3.05) is 24.6 Å². The fourth-order valence-electron chi connectivity index (χ4n) is 6.93. The molecule has 0 aromatic heterocycles. The molecular weight excluding hydrogens is 494 g/mol. The number of sulfone groups is 1. The summed E-state index contributed by atoms with van der Waals surface area (Å²) >= 11 is 0. The van der Waals surface area contributed by atoms with Crippen molar-refractivity contribution >= 4 is 27.6 Å². The smallest absolute Gasteiger partial charge is 0.255 e. The van der Waals surface area contributed by atoms with E-state index in [1.54, 1.807) is 11.0 Å². The summed E-state index contributed by atoms with van der Waals surface area (Å²) in [7, 11) is -2.82. The van der Waals surface area contributed by atoms with Gasteiger partial charge < -0.3 is 9.64 Å². The minimum absolute atomic E-state index is 0.0859. The molecular formula is C27H35N3O6S. The van der Waals surface area contributed by atoms with Crippen LogP contribution in [0.3, 0.4) is 0 Å². The highest BCUT2D eigenvalue weighted by Gasteiger charge is 2.43. The van der Waals surface area contributed by atoms with Crippen LogP contribution in [0.1, 0.15) is 67.3 Å². The third-order valence-corrected chi connectivity index (χ3v) is 10.8. The standard InChI is InChI=1S/C27H35N3O6S/c31-25-8-7-23(26(32)28-25)30-16-18-13-20(5-6-21(18)27(30)33)36-24-4-2-1-3-22(24)29-14-19(15-29)17-9-11-37(34,35)12-10-17/h5-6,13,17,19,22-24H,1-4,7-12,14-16H2,(H,28,31,32)/t22-,23?,24-/m1/s1. The lowest BCUT2D eigenvalue weighted by molar-refractivity contribution is -0.136. The van der Waals surface area contributed by atoms with Crippen molar-refractivity contribution in [1.29, 1.82) is 0 Å². The number of imide groups is 1. The average molecular weight is 530 g/mol. The predicted octanol–water partition coefficient (Wildman–Crippen LogP) is 1.89. The molecule has 200 valence electrons. The van der Waals surface area contributed by atoms with Crippen molar-refractivity contribution in [2.45, 2.75) is 76.1 Å². The second-order valence-corrected chi connectivity index (χ2v) is 13.7. The van der Waals surface area contributed by atoms with Gasteiger partial charge in [0, 0.05) is 37.7 Å². The van der Waals surface area contributed by atoms with Crippen LogP contribution in [0.5, 0.6) is 5.75 Å². The SMILES string of the molecule is O=C1CCC(N2Cc3cc(O[C@@H]4CCCC[C@H]4N4CC(C5CCS(=O)(=O)CC5)C4)ccc3C2=O)C(=O)N1. The van der Waals surface area contributed by atoms with E-state index in [-0.39, 0.29) is 24.3 Å². The van der Waals surface area contributed by atoms with E-state index in [9.17, 15) is 22.8 Å². The van der Waals surface area contributed by atoms with Gasteiger partial charge in [0.2, 0.25) is 11.8 Å². The molecule has 0 spiro atoms. The van der Waals surface area contributed by atoms with E-state index in [1.807, 2.05) is 12.1 Å². The number of nitrogens with zero attached hydrogens (tertiary/aromatic N) is 2. The van der Waals surface area contributed by atoms with Crippen LogP contribution in [0.2, 0.25) is 0 Å². The van der Waals surface area contributed by atoms with Crippen molar-refractivity contribution < 1.29 is 27.5 Å². The van der Waals surface area contributed by atoms with Gasteiger partial charge in [0.15, 0.2) is 0 Å². The van der Waals surface area contributed by atoms with E-state index in [0.29, 0.717) is 47.9 Å². The molecule has 0 bridgehead atoms. The van der Waals surface area contributed by atoms with Gasteiger partial charge in [-0.2, -0.15) is 0 Å². The number of benzene rings is 1. The summed E-state index contributed by atoms with van der Waals surface area (Å²) in [6.07, 6.45) is 6.69. The number of ether oxygens (including phenoxy) is 1. The molecule has 1 saturated carbocycles. The lowest BCUT2D eigenvalue weighted by Gasteiger charge is -2.51. The van der Waals surface area contributed by atoms with Crippen LogP contribution in [0, 0.1) is 11.8 Å². The van der Waals surface area contributed by atoms with Gasteiger partial charge in [0.25, 0.3) is 5.91 Å². The van der Waals surface area contributed by atoms with Gasteiger partial charge in [-0.05, 0) is 74.1 Å². The molecule has 1 aromatic rings. The molecule has 9 nitrogen and oxygen atoms in total. The van der Waals surface area contributed by atoms with Crippen molar-refractivity contribution in [3.8, 4) is 5.75 Å². The third kappa shape index (κ3) is 4.90. The number of likely N-dealkylation sites (tertiary alicyclic amines) is 1. The summed E-state index contributed by atoms with van der Waals surface area (Å²) < 4.78 is 30.1. The highest BCUT2D eigenvalue weighted by Crippen LogP contribution is 2.38. The van der Waals surface area contributed by atoms with Crippen LogP contribution in [0.15, 0.2) is 18.2 Å². The Bertz CT molecular complexity index is 1200. The minimum atomic E-state index is -2.82. The quantitative estimate of drug-likeness (QED) is 0.580. The first kappa shape index (κ1) is 24.9. The van der Waals surface area contributed by atoms with Gasteiger partial charge in [-0.25, -0.2) is 8.42 Å². The van der Waals surface area contributed by atoms with Gasteiger partial charge in [-0.3, -0.25) is 24.6 Å². The number of amides is 3. The normalized spacial score (nSPS) is 31.1. The van der Waals surface area contributed by atoms with Crippen molar-refractivity contribution in [3.05, 3.63) is 29.3 Å². The lowest BCUT2D eigenvalue weighted by Crippen LogP contribution is -2.59. The average Bonchev–Trinajstić information content (AvgIpc) is 3.15. The molecule has 3 atom stereocenters. The van der Waals surface area contributed by atoms with E-state index in [4.69, 9.17) is 4.74 Å². The number of fused-ring (bicyclic) bond motifs is 1. The van der Waals surface area contributed by atoms with Crippen molar-refractivity contribution in [2.24, 2.45) is 11.8 Å². The van der Waals surface area contributed by atoms with Gasteiger partial charge in [-0.1, -0.05) is 6.42 Å². The molecule has 3 saturated heterocycles. The number of nitrogens with one attached hydrogen (secondary N) is 1. The van der Waals surface area contributed by atoms with Crippen molar-refractivity contribution in [1.82, 2.24) is 15.1 Å². The van der Waals surface area contributed by atoms with E-state index >= 15 is 0 Å². The monoisotopic (exact) mass is 529 g/mol. The maximum Gasteiger partial charge on any atom is 0.255 e. The number of carbonyl (C=O) groups is 3. The highest BCUT2D eigenvalue weighted by atomic mass is 32.2. The zero-order valence-corrected chi connectivity index (χ0v) is 21.9. The molecule has 1 N–H and O–H groups in total. The summed E-state index contributed by atoms with van der Waals surface area (Å²) in [6, 6.07) is 5.33. The van der Waals surface area contributed by atoms with Crippen LogP contribution in [0.4, 0.5) is 0 Å². The van der Waals surface area contributed by atoms with Crippen LogP contribution < -0.4 is 10.1 Å². The molecule has 4 aliphatic heterocycles. The van der Waals surface area contributed by atoms with Crippen LogP contribution in [0.25, 0.3) is 0 Å². The second-order valence-electron chi connectivity index (χ2n) is 11.4. The third-order valence-electron chi connectivity index (χ3n) is 9.12. The molecule has 4 heterocycles. The molecule has 0 radical (unpaired) electrons. The summed E-state index contributed by atoms with van der Waals surface area (Å²) in [5.74, 6) is 1.67. The molecule has 5 aliphatic rings. The first-order valence-electron chi connectivity index (χ1n) is 13.7. The summed E-state index contributed by atoms with van der Waals surface area (Å²) in [5, 5.41) is 2.35. The Morgan fingerprint density at radius 3 is 2.43 bits per heavy atom. The zero-order chi connectivity index (χ0) is 25.7. The number of hydrogen-bond donors (Lipinski definition) is 1. The Hall–Kier alpha value is -2.46. The zero-order valence-electron chi connectivity index (χ0n) is 21.1. The fraction of sp³-hybridized carbons (Fsp3) is 0.667. The Morgan fingerprint density at radius 2 is 1.68 bits per heavy atom. The van der Waals surface area contributed by atoms with Gasteiger partial charge in [-0.15, -0.1) is 0 Å². The molecule has 6 rings (SSSR count). The first-order valence-corrected chi connectivity index (χ1v) is 15.5. The lowest BCUT2D eigenvalue weighted by atomic mass is 9.79. The number of piperidine rings is 1. The van der Waals surface area contributed by atoms with Gasteiger partial charge in [0.05, 0.1) is 11.5 Å². The molecule has 1 aliphatic carbocycles. The van der Waals surface area contributed by atoms with Gasteiger partial charge >= 0.3 is 0 Å². The molecule has 4 fully saturated rings. The van der Waals surface area contributed by atoms with Gasteiger partial charge in [0.1, 0.15) is 27.7 Å². The minimum Gasteiger partial charge on any atom is -0.489 e. The molecule has 10 heteroatoms. The van der Waals surface area contributed by atoms with E-state index in [1.165, 1.54) is 6.42 Å². The maximum absolute atomic E-state index is 13.0. The molecule has 1 aromatic carbocycles. The molecule has 1 unspecified atom stereocenters. The number of carbonyl (C=O) groups excluding carboxylic acids is 3. The van der Waals surface area contributed by atoms with Crippen LogP contribution in [-0.2, 0) is 26.0 Å². The van der Waals surface area contributed by atoms with Crippen LogP contribution in [-0.4, -0.2) is 78.7 Å². The predicted molar refractivity (Wildman–Crippen MR) is 136 cm³/mol. The first-order chi connectivity index (χ1) is 17.8. The van der Waals surface area contributed by atoms with E-state index in [2.05, 4.69) is 10.2 Å².